The van der Waals surface area contributed by atoms with Gasteiger partial charge in [-0.2, -0.15) is 18.3 Å². The highest BCUT2D eigenvalue weighted by atomic mass is 19.4. The molecule has 8 heteroatoms. The minimum Gasteiger partial charge on any atom is -0.464 e. The zero-order valence-electron chi connectivity index (χ0n) is 13.7. The third kappa shape index (κ3) is 4.46. The van der Waals surface area contributed by atoms with Gasteiger partial charge >= 0.3 is 12.1 Å². The lowest BCUT2D eigenvalue weighted by atomic mass is 10.0. The van der Waals surface area contributed by atoms with Crippen LogP contribution in [-0.2, 0) is 15.7 Å². The molecule has 0 amide bonds. The van der Waals surface area contributed by atoms with Crippen molar-refractivity contribution in [3.8, 4) is 0 Å². The molecule has 0 radical (unpaired) electrons. The average Bonchev–Trinajstić information content (AvgIpc) is 2.95. The van der Waals surface area contributed by atoms with Gasteiger partial charge < -0.3 is 4.74 Å². The van der Waals surface area contributed by atoms with Crippen LogP contribution in [0.25, 0.3) is 0 Å². The van der Waals surface area contributed by atoms with Crippen molar-refractivity contribution in [2.45, 2.75) is 32.5 Å². The topological polar surface area (TPSA) is 61.2 Å². The lowest BCUT2D eigenvalue weighted by Gasteiger charge is -2.17. The maximum atomic E-state index is 12.9. The van der Waals surface area contributed by atoms with Gasteiger partial charge in [0.15, 0.2) is 17.5 Å². The summed E-state index contributed by atoms with van der Waals surface area (Å²) in [7, 11) is 0. The van der Waals surface area contributed by atoms with E-state index in [0.717, 1.165) is 10.7 Å². The van der Waals surface area contributed by atoms with Gasteiger partial charge in [0.25, 0.3) is 0 Å². The average molecular weight is 354 g/mol. The maximum absolute atomic E-state index is 12.9. The molecule has 0 N–H and O–H groups in total. The Morgan fingerprint density at radius 1 is 1.24 bits per heavy atom. The minimum absolute atomic E-state index is 0.0430. The summed E-state index contributed by atoms with van der Waals surface area (Å²) in [5.41, 5.74) is -0.643. The second-order valence-corrected chi connectivity index (χ2v) is 5.37. The van der Waals surface area contributed by atoms with Crippen molar-refractivity contribution in [1.29, 1.82) is 0 Å². The third-order valence-electron chi connectivity index (χ3n) is 3.54. The Labute approximate surface area is 142 Å². The number of alkyl halides is 3. The smallest absolute Gasteiger partial charge is 0.435 e. The van der Waals surface area contributed by atoms with E-state index in [1.165, 1.54) is 6.92 Å². The molecule has 0 aliphatic carbocycles. The minimum atomic E-state index is -4.64. The van der Waals surface area contributed by atoms with Crippen LogP contribution in [-0.4, -0.2) is 28.1 Å². The molecule has 134 valence electrons. The number of esters is 1. The molecule has 1 unspecified atom stereocenters. The second-order valence-electron chi connectivity index (χ2n) is 5.37. The van der Waals surface area contributed by atoms with E-state index in [1.807, 2.05) is 0 Å². The molecule has 0 bridgehead atoms. The molecule has 0 fully saturated rings. The molecule has 25 heavy (non-hydrogen) atoms. The van der Waals surface area contributed by atoms with Gasteiger partial charge in [0.05, 0.1) is 6.61 Å². The zero-order valence-corrected chi connectivity index (χ0v) is 13.7. The molecule has 5 nitrogen and oxygen atoms in total. The highest BCUT2D eigenvalue weighted by Gasteiger charge is 2.36. The summed E-state index contributed by atoms with van der Waals surface area (Å²) in [6.07, 6.45) is -4.98. The Morgan fingerprint density at radius 2 is 1.88 bits per heavy atom. The predicted octanol–water partition coefficient (Wildman–Crippen LogP) is 3.59. The SMILES string of the molecule is CCOC(=O)C(CC(=O)c1ccccc1)n1nc(C(F)(F)F)cc1C. The Bertz CT molecular complexity index is 754. The first-order valence-electron chi connectivity index (χ1n) is 7.62. The van der Waals surface area contributed by atoms with Crippen LogP contribution in [0.5, 0.6) is 0 Å². The molecule has 0 aliphatic heterocycles. The molecule has 1 atom stereocenters. The molecular formula is C17H17F3N2O3. The van der Waals surface area contributed by atoms with Gasteiger partial charge in [-0.3, -0.25) is 9.48 Å². The monoisotopic (exact) mass is 354 g/mol. The fourth-order valence-corrected chi connectivity index (χ4v) is 2.37. The molecule has 1 aromatic heterocycles. The Morgan fingerprint density at radius 3 is 2.40 bits per heavy atom. The number of ether oxygens (including phenoxy) is 1. The van der Waals surface area contributed by atoms with Crippen LogP contribution < -0.4 is 0 Å². The number of aryl methyl sites for hydroxylation is 1. The normalized spacial score (nSPS) is 12.7. The highest BCUT2D eigenvalue weighted by Crippen LogP contribution is 2.30. The van der Waals surface area contributed by atoms with Crippen LogP contribution in [0.4, 0.5) is 13.2 Å². The molecule has 1 heterocycles. The number of ketones is 1. The number of nitrogens with zero attached hydrogens (tertiary/aromatic N) is 2. The van der Waals surface area contributed by atoms with Gasteiger partial charge in [-0.25, -0.2) is 4.79 Å². The summed E-state index contributed by atoms with van der Waals surface area (Å²) in [6, 6.07) is 7.76. The number of benzene rings is 1. The summed E-state index contributed by atoms with van der Waals surface area (Å²) < 4.78 is 44.4. The number of carbonyl (C=O) groups is 2. The molecule has 1 aromatic carbocycles. The standard InChI is InChI=1S/C17H17F3N2O3/c1-3-25-16(24)13(10-14(23)12-7-5-4-6-8-12)22-11(2)9-15(21-22)17(18,19)20/h4-9,13H,3,10H2,1-2H3. The van der Waals surface area contributed by atoms with Gasteiger partial charge in [0.2, 0.25) is 0 Å². The van der Waals surface area contributed by atoms with Gasteiger partial charge in [-0.05, 0) is 19.9 Å². The lowest BCUT2D eigenvalue weighted by Crippen LogP contribution is -2.27. The molecule has 2 aromatic rings. The van der Waals surface area contributed by atoms with Crippen LogP contribution in [0.15, 0.2) is 36.4 Å². The molecule has 0 spiro atoms. The maximum Gasteiger partial charge on any atom is 0.435 e. The number of rotatable bonds is 6. The number of hydrogen-bond acceptors (Lipinski definition) is 4. The number of aromatic nitrogens is 2. The first kappa shape index (κ1) is 18.7. The predicted molar refractivity (Wildman–Crippen MR) is 83.0 cm³/mol. The number of hydrogen-bond donors (Lipinski definition) is 0. The first-order valence-corrected chi connectivity index (χ1v) is 7.62. The van der Waals surface area contributed by atoms with Gasteiger partial charge in [-0.1, -0.05) is 30.3 Å². The second kappa shape index (κ2) is 7.50. The van der Waals surface area contributed by atoms with Gasteiger partial charge in [0.1, 0.15) is 0 Å². The Kier molecular flexibility index (Phi) is 5.61. The van der Waals surface area contributed by atoms with Gasteiger partial charge in [-0.15, -0.1) is 0 Å². The summed E-state index contributed by atoms with van der Waals surface area (Å²) in [5.74, 6) is -1.19. The molecule has 0 saturated heterocycles. The van der Waals surface area contributed by atoms with Crippen LogP contribution >= 0.6 is 0 Å². The third-order valence-corrected chi connectivity index (χ3v) is 3.54. The fraction of sp³-hybridized carbons (Fsp3) is 0.353. The number of carbonyl (C=O) groups excluding carboxylic acids is 2. The Balaban J connectivity index is 2.35. The molecule has 0 saturated carbocycles. The first-order chi connectivity index (χ1) is 11.7. The van der Waals surface area contributed by atoms with Crippen molar-refractivity contribution in [1.82, 2.24) is 9.78 Å². The van der Waals surface area contributed by atoms with Crippen molar-refractivity contribution >= 4 is 11.8 Å². The van der Waals surface area contributed by atoms with E-state index < -0.39 is 23.9 Å². The van der Waals surface area contributed by atoms with Crippen molar-refractivity contribution in [2.24, 2.45) is 0 Å². The summed E-state index contributed by atoms with van der Waals surface area (Å²) in [6.45, 7) is 3.01. The van der Waals surface area contributed by atoms with Crippen molar-refractivity contribution in [3.05, 3.63) is 53.3 Å². The van der Waals surface area contributed by atoms with E-state index in [0.29, 0.717) is 5.56 Å². The van der Waals surface area contributed by atoms with E-state index in [1.54, 1.807) is 37.3 Å². The van der Waals surface area contributed by atoms with Crippen LogP contribution in [0.2, 0.25) is 0 Å². The van der Waals surface area contributed by atoms with E-state index >= 15 is 0 Å². The fourth-order valence-electron chi connectivity index (χ4n) is 2.37. The van der Waals surface area contributed by atoms with Crippen molar-refractivity contribution in [2.75, 3.05) is 6.61 Å². The van der Waals surface area contributed by atoms with E-state index in [-0.39, 0.29) is 24.5 Å². The van der Waals surface area contributed by atoms with E-state index in [4.69, 9.17) is 4.74 Å². The van der Waals surface area contributed by atoms with Crippen LogP contribution in [0.3, 0.4) is 0 Å². The van der Waals surface area contributed by atoms with Gasteiger partial charge in [0, 0.05) is 17.7 Å². The van der Waals surface area contributed by atoms with Crippen LogP contribution in [0, 0.1) is 6.92 Å². The quantitative estimate of drug-likeness (QED) is 0.588. The van der Waals surface area contributed by atoms with Crippen molar-refractivity contribution in [3.63, 3.8) is 0 Å². The number of halogens is 3. The summed E-state index contributed by atoms with van der Waals surface area (Å²) >= 11 is 0. The summed E-state index contributed by atoms with van der Waals surface area (Å²) in [4.78, 5) is 24.6. The molecular weight excluding hydrogens is 337 g/mol. The Hall–Kier alpha value is -2.64. The van der Waals surface area contributed by atoms with E-state index in [9.17, 15) is 22.8 Å². The van der Waals surface area contributed by atoms with E-state index in [2.05, 4.69) is 5.10 Å². The van der Waals surface area contributed by atoms with Crippen LogP contribution in [0.1, 0.15) is 41.1 Å². The highest BCUT2D eigenvalue weighted by molar-refractivity contribution is 5.98. The molecule has 2 rings (SSSR count). The zero-order chi connectivity index (χ0) is 18.6. The molecule has 0 aliphatic rings. The number of Topliss-reactive ketones (excluding diaryl/α,β-unsaturated/α-hetero) is 1. The summed E-state index contributed by atoms with van der Waals surface area (Å²) in [5, 5.41) is 3.47. The van der Waals surface area contributed by atoms with Crippen molar-refractivity contribution < 1.29 is 27.5 Å². The lowest BCUT2D eigenvalue weighted by molar-refractivity contribution is -0.149. The largest absolute Gasteiger partial charge is 0.464 e.